The Morgan fingerprint density at radius 2 is 2.05 bits per heavy atom. The number of piperazine rings is 1. The summed E-state index contributed by atoms with van der Waals surface area (Å²) in [5, 5.41) is 11.2. The number of anilines is 1. The Hall–Kier alpha value is -1.45. The van der Waals surface area contributed by atoms with Gasteiger partial charge in [0.05, 0.1) is 17.1 Å². The summed E-state index contributed by atoms with van der Waals surface area (Å²) in [7, 11) is 0. The van der Waals surface area contributed by atoms with Crippen LogP contribution in [0.5, 0.6) is 0 Å². The van der Waals surface area contributed by atoms with Crippen molar-refractivity contribution in [3.8, 4) is 6.07 Å². The topological polar surface area (TPSA) is 55.5 Å². The molecule has 5 nitrogen and oxygen atoms in total. The Morgan fingerprint density at radius 1 is 1.33 bits per heavy atom. The fourth-order valence-corrected chi connectivity index (χ4v) is 3.75. The molecule has 0 aromatic carbocycles. The minimum atomic E-state index is 0.494. The number of pyridine rings is 1. The predicted molar refractivity (Wildman–Crippen MR) is 87.1 cm³/mol. The molecule has 1 atom stereocenters. The largest absolute Gasteiger partial charge is 0.352 e. The first-order chi connectivity index (χ1) is 10.2. The van der Waals surface area contributed by atoms with Gasteiger partial charge in [-0.1, -0.05) is 30.3 Å². The molecule has 1 saturated heterocycles. The van der Waals surface area contributed by atoms with Crippen LogP contribution in [0.15, 0.2) is 17.3 Å². The monoisotopic (exact) mass is 321 g/mol. The third-order valence-corrected chi connectivity index (χ3v) is 5.02. The average molecular weight is 322 g/mol. The summed E-state index contributed by atoms with van der Waals surface area (Å²) in [6, 6.07) is 3.73. The molecular weight excluding hydrogens is 306 g/mol. The molecule has 7 heteroatoms. The zero-order valence-corrected chi connectivity index (χ0v) is 13.4. The number of nitrogens with zero attached hydrogens (tertiary/aromatic N) is 5. The van der Waals surface area contributed by atoms with Crippen molar-refractivity contribution < 1.29 is 0 Å². The highest BCUT2D eigenvalue weighted by molar-refractivity contribution is 8.14. The maximum atomic E-state index is 8.86. The smallest absolute Gasteiger partial charge is 0.159 e. The van der Waals surface area contributed by atoms with Crippen molar-refractivity contribution in [3.05, 3.63) is 22.8 Å². The lowest BCUT2D eigenvalue weighted by atomic mass is 10.2. The number of amidine groups is 1. The molecule has 1 unspecified atom stereocenters. The van der Waals surface area contributed by atoms with E-state index in [0.717, 1.165) is 38.5 Å². The van der Waals surface area contributed by atoms with E-state index in [2.05, 4.69) is 32.8 Å². The van der Waals surface area contributed by atoms with Gasteiger partial charge in [0.1, 0.15) is 11.9 Å². The van der Waals surface area contributed by atoms with E-state index in [-0.39, 0.29) is 0 Å². The van der Waals surface area contributed by atoms with E-state index in [9.17, 15) is 0 Å². The van der Waals surface area contributed by atoms with Crippen LogP contribution in [-0.2, 0) is 0 Å². The first-order valence-electron chi connectivity index (χ1n) is 6.94. The summed E-state index contributed by atoms with van der Waals surface area (Å²) in [4.78, 5) is 13.4. The Labute approximate surface area is 133 Å². The van der Waals surface area contributed by atoms with Crippen LogP contribution in [0.3, 0.4) is 0 Å². The molecule has 1 fully saturated rings. The van der Waals surface area contributed by atoms with E-state index in [1.165, 1.54) is 5.17 Å². The number of aromatic nitrogens is 1. The van der Waals surface area contributed by atoms with E-state index in [4.69, 9.17) is 16.9 Å². The summed E-state index contributed by atoms with van der Waals surface area (Å²) in [5.74, 6) is 0.768. The lowest BCUT2D eigenvalue weighted by Crippen LogP contribution is -2.48. The minimum Gasteiger partial charge on any atom is -0.352 e. The molecule has 0 saturated carbocycles. The minimum absolute atomic E-state index is 0.494. The van der Waals surface area contributed by atoms with Gasteiger partial charge in [0.2, 0.25) is 0 Å². The Kier molecular flexibility index (Phi) is 4.22. The van der Waals surface area contributed by atoms with Crippen LogP contribution in [0, 0.1) is 11.3 Å². The van der Waals surface area contributed by atoms with Crippen LogP contribution < -0.4 is 4.90 Å². The van der Waals surface area contributed by atoms with Gasteiger partial charge in [-0.05, 0) is 6.07 Å². The summed E-state index contributed by atoms with van der Waals surface area (Å²) in [5.41, 5.74) is 0.494. The lowest BCUT2D eigenvalue weighted by Gasteiger charge is -2.36. The first-order valence-corrected chi connectivity index (χ1v) is 8.20. The van der Waals surface area contributed by atoms with Crippen LogP contribution >= 0.6 is 23.4 Å². The lowest BCUT2D eigenvalue weighted by molar-refractivity contribution is 0.391. The zero-order chi connectivity index (χ0) is 14.8. The first kappa shape index (κ1) is 14.5. The SMILES string of the molecule is CC1CN=C(N2CCN(c3ncc(C#N)cc3Cl)CC2)S1. The molecule has 0 bridgehead atoms. The Balaban J connectivity index is 1.65. The van der Waals surface area contributed by atoms with Crippen LogP contribution in [0.1, 0.15) is 12.5 Å². The normalized spacial score (nSPS) is 22.1. The highest BCUT2D eigenvalue weighted by atomic mass is 35.5. The number of nitriles is 1. The van der Waals surface area contributed by atoms with Gasteiger partial charge < -0.3 is 9.80 Å². The summed E-state index contributed by atoms with van der Waals surface area (Å²) in [6.45, 7) is 6.72. The van der Waals surface area contributed by atoms with Crippen LogP contribution in [0.4, 0.5) is 5.82 Å². The van der Waals surface area contributed by atoms with Gasteiger partial charge in [-0.3, -0.25) is 4.99 Å². The molecular formula is C14H16ClN5S. The van der Waals surface area contributed by atoms with Crippen molar-refractivity contribution in [2.24, 2.45) is 4.99 Å². The van der Waals surface area contributed by atoms with E-state index >= 15 is 0 Å². The molecule has 0 N–H and O–H groups in total. The van der Waals surface area contributed by atoms with E-state index in [1.807, 2.05) is 11.8 Å². The third-order valence-electron chi connectivity index (χ3n) is 3.59. The van der Waals surface area contributed by atoms with E-state index < -0.39 is 0 Å². The fraction of sp³-hybridized carbons (Fsp3) is 0.500. The van der Waals surface area contributed by atoms with Crippen molar-refractivity contribution in [3.63, 3.8) is 0 Å². The molecule has 1 aromatic rings. The molecule has 3 heterocycles. The van der Waals surface area contributed by atoms with Crippen molar-refractivity contribution in [2.75, 3.05) is 37.6 Å². The molecule has 21 heavy (non-hydrogen) atoms. The highest BCUT2D eigenvalue weighted by Gasteiger charge is 2.25. The molecule has 0 radical (unpaired) electrons. The Morgan fingerprint density at radius 3 is 2.62 bits per heavy atom. The van der Waals surface area contributed by atoms with Crippen molar-refractivity contribution in [1.82, 2.24) is 9.88 Å². The second kappa shape index (κ2) is 6.12. The number of thioether (sulfide) groups is 1. The molecule has 3 rings (SSSR count). The summed E-state index contributed by atoms with van der Waals surface area (Å²) in [6.07, 6.45) is 1.58. The van der Waals surface area contributed by atoms with Crippen LogP contribution in [0.25, 0.3) is 0 Å². The van der Waals surface area contributed by atoms with Gasteiger partial charge in [-0.25, -0.2) is 4.98 Å². The quantitative estimate of drug-likeness (QED) is 0.794. The Bertz CT molecular complexity index is 604. The van der Waals surface area contributed by atoms with Gasteiger partial charge >= 0.3 is 0 Å². The maximum Gasteiger partial charge on any atom is 0.159 e. The number of hydrogen-bond acceptors (Lipinski definition) is 6. The number of aliphatic imine (C=N–C) groups is 1. The van der Waals surface area contributed by atoms with E-state index in [0.29, 0.717) is 15.8 Å². The predicted octanol–water partition coefficient (Wildman–Crippen LogP) is 2.22. The molecule has 0 spiro atoms. The van der Waals surface area contributed by atoms with Gasteiger partial charge in [0, 0.05) is 37.6 Å². The standard InChI is InChI=1S/C14H16ClN5S/c1-10-8-18-14(21-10)20-4-2-19(3-5-20)13-12(15)6-11(7-16)9-17-13/h6,9-10H,2-5,8H2,1H3. The number of rotatable bonds is 1. The van der Waals surface area contributed by atoms with Crippen molar-refractivity contribution >= 4 is 34.3 Å². The zero-order valence-electron chi connectivity index (χ0n) is 11.8. The van der Waals surface area contributed by atoms with Gasteiger partial charge in [0.15, 0.2) is 5.17 Å². The number of hydrogen-bond donors (Lipinski definition) is 0. The molecule has 0 amide bonds. The fourth-order valence-electron chi connectivity index (χ4n) is 2.47. The van der Waals surface area contributed by atoms with Crippen LogP contribution in [0.2, 0.25) is 5.02 Å². The van der Waals surface area contributed by atoms with Gasteiger partial charge in [0.25, 0.3) is 0 Å². The van der Waals surface area contributed by atoms with Crippen molar-refractivity contribution in [2.45, 2.75) is 12.2 Å². The molecule has 2 aliphatic rings. The van der Waals surface area contributed by atoms with Gasteiger partial charge in [-0.2, -0.15) is 5.26 Å². The van der Waals surface area contributed by atoms with Crippen molar-refractivity contribution in [1.29, 1.82) is 5.26 Å². The van der Waals surface area contributed by atoms with Gasteiger partial charge in [-0.15, -0.1) is 0 Å². The summed E-state index contributed by atoms with van der Waals surface area (Å²) >= 11 is 8.08. The van der Waals surface area contributed by atoms with E-state index in [1.54, 1.807) is 12.3 Å². The highest BCUT2D eigenvalue weighted by Crippen LogP contribution is 2.27. The second-order valence-corrected chi connectivity index (χ2v) is 6.98. The number of halogens is 1. The molecule has 1 aromatic heterocycles. The van der Waals surface area contributed by atoms with Crippen LogP contribution in [-0.4, -0.2) is 53.0 Å². The third kappa shape index (κ3) is 3.09. The average Bonchev–Trinajstić information content (AvgIpc) is 2.94. The molecule has 0 aliphatic carbocycles. The maximum absolute atomic E-state index is 8.86. The molecule has 110 valence electrons. The second-order valence-electron chi connectivity index (χ2n) is 5.17. The molecule has 2 aliphatic heterocycles. The summed E-state index contributed by atoms with van der Waals surface area (Å²) < 4.78 is 0.